The highest BCUT2D eigenvalue weighted by Gasteiger charge is 2.18. The predicted octanol–water partition coefficient (Wildman–Crippen LogP) is 3.47. The van der Waals surface area contributed by atoms with Crippen molar-refractivity contribution in [2.45, 2.75) is 41.0 Å². The smallest absolute Gasteiger partial charge is 0.223 e. The van der Waals surface area contributed by atoms with Crippen LogP contribution in [0.1, 0.15) is 38.3 Å². The van der Waals surface area contributed by atoms with Crippen LogP contribution in [0.4, 0.5) is 5.69 Å². The molecule has 1 aromatic carbocycles. The first-order valence-corrected chi connectivity index (χ1v) is 7.91. The minimum Gasteiger partial charge on any atom is -0.356 e. The SMILES string of the molecule is CC(=O)N(CCC(=O)NCC(C)C)c1c(C)cc(C)cc1Cl. The van der Waals surface area contributed by atoms with Gasteiger partial charge in [-0.3, -0.25) is 9.59 Å². The molecule has 1 N–H and O–H groups in total. The molecule has 2 amide bonds. The molecule has 122 valence electrons. The Kier molecular flexibility index (Phi) is 6.88. The van der Waals surface area contributed by atoms with Crippen molar-refractivity contribution in [2.24, 2.45) is 5.92 Å². The van der Waals surface area contributed by atoms with E-state index in [2.05, 4.69) is 5.32 Å². The van der Waals surface area contributed by atoms with E-state index >= 15 is 0 Å². The quantitative estimate of drug-likeness (QED) is 0.871. The van der Waals surface area contributed by atoms with Crippen LogP contribution in [0.15, 0.2) is 12.1 Å². The fourth-order valence-electron chi connectivity index (χ4n) is 2.30. The molecule has 1 aromatic rings. The van der Waals surface area contributed by atoms with E-state index < -0.39 is 0 Å². The van der Waals surface area contributed by atoms with Crippen LogP contribution in [0.5, 0.6) is 0 Å². The van der Waals surface area contributed by atoms with Crippen LogP contribution in [-0.4, -0.2) is 24.9 Å². The second-order valence-electron chi connectivity index (χ2n) is 6.03. The molecular formula is C17H25ClN2O2. The zero-order valence-corrected chi connectivity index (χ0v) is 14.8. The maximum absolute atomic E-state index is 11.9. The number of rotatable bonds is 6. The lowest BCUT2D eigenvalue weighted by molar-refractivity contribution is -0.121. The summed E-state index contributed by atoms with van der Waals surface area (Å²) in [6.45, 7) is 10.4. The van der Waals surface area contributed by atoms with Crippen molar-refractivity contribution >= 4 is 29.1 Å². The maximum atomic E-state index is 11.9. The number of carbonyl (C=O) groups is 2. The van der Waals surface area contributed by atoms with Gasteiger partial charge in [0.15, 0.2) is 0 Å². The van der Waals surface area contributed by atoms with Crippen molar-refractivity contribution in [1.29, 1.82) is 0 Å². The van der Waals surface area contributed by atoms with Crippen LogP contribution in [0.3, 0.4) is 0 Å². The number of hydrogen-bond acceptors (Lipinski definition) is 2. The molecule has 0 heterocycles. The molecule has 1 rings (SSSR count). The molecule has 0 aromatic heterocycles. The van der Waals surface area contributed by atoms with Gasteiger partial charge in [0.05, 0.1) is 10.7 Å². The van der Waals surface area contributed by atoms with Gasteiger partial charge in [-0.1, -0.05) is 31.5 Å². The van der Waals surface area contributed by atoms with E-state index in [0.29, 0.717) is 29.7 Å². The molecule has 0 aliphatic heterocycles. The van der Waals surface area contributed by atoms with Crippen LogP contribution in [0.25, 0.3) is 0 Å². The Morgan fingerprint density at radius 2 is 1.91 bits per heavy atom. The van der Waals surface area contributed by atoms with E-state index in [9.17, 15) is 9.59 Å². The highest BCUT2D eigenvalue weighted by Crippen LogP contribution is 2.31. The van der Waals surface area contributed by atoms with E-state index in [-0.39, 0.29) is 18.2 Å². The number of anilines is 1. The van der Waals surface area contributed by atoms with E-state index in [4.69, 9.17) is 11.6 Å². The van der Waals surface area contributed by atoms with E-state index in [0.717, 1.165) is 11.1 Å². The number of hydrogen-bond donors (Lipinski definition) is 1. The van der Waals surface area contributed by atoms with Crippen molar-refractivity contribution in [3.63, 3.8) is 0 Å². The minimum atomic E-state index is -0.120. The van der Waals surface area contributed by atoms with Crippen molar-refractivity contribution in [1.82, 2.24) is 5.32 Å². The Hall–Kier alpha value is -1.55. The summed E-state index contributed by atoms with van der Waals surface area (Å²) in [5, 5.41) is 3.39. The van der Waals surface area contributed by atoms with Gasteiger partial charge in [-0.25, -0.2) is 0 Å². The summed E-state index contributed by atoms with van der Waals surface area (Å²) >= 11 is 6.30. The largest absolute Gasteiger partial charge is 0.356 e. The second kappa shape index (κ2) is 8.18. The van der Waals surface area contributed by atoms with Gasteiger partial charge in [-0.15, -0.1) is 0 Å². The van der Waals surface area contributed by atoms with Crippen molar-refractivity contribution in [3.8, 4) is 0 Å². The lowest BCUT2D eigenvalue weighted by Crippen LogP contribution is -2.35. The fourth-order valence-corrected chi connectivity index (χ4v) is 2.72. The first-order chi connectivity index (χ1) is 10.2. The zero-order chi connectivity index (χ0) is 16.9. The van der Waals surface area contributed by atoms with Gasteiger partial charge >= 0.3 is 0 Å². The third-order valence-corrected chi connectivity index (χ3v) is 3.61. The van der Waals surface area contributed by atoms with E-state index in [1.165, 1.54) is 6.92 Å². The summed E-state index contributed by atoms with van der Waals surface area (Å²) in [5.41, 5.74) is 2.67. The molecule has 0 radical (unpaired) electrons. The molecule has 0 aliphatic rings. The number of nitrogens with one attached hydrogen (secondary N) is 1. The summed E-state index contributed by atoms with van der Waals surface area (Å²) in [4.78, 5) is 25.4. The van der Waals surface area contributed by atoms with Gasteiger partial charge in [-0.2, -0.15) is 0 Å². The van der Waals surface area contributed by atoms with Crippen LogP contribution in [-0.2, 0) is 9.59 Å². The third-order valence-electron chi connectivity index (χ3n) is 3.32. The molecule has 0 fully saturated rings. The van der Waals surface area contributed by atoms with Gasteiger partial charge in [-0.05, 0) is 37.0 Å². The van der Waals surface area contributed by atoms with Gasteiger partial charge in [0.25, 0.3) is 0 Å². The van der Waals surface area contributed by atoms with Gasteiger partial charge in [0.2, 0.25) is 11.8 Å². The Morgan fingerprint density at radius 3 is 2.41 bits per heavy atom. The zero-order valence-electron chi connectivity index (χ0n) is 14.0. The monoisotopic (exact) mass is 324 g/mol. The van der Waals surface area contributed by atoms with Crippen LogP contribution < -0.4 is 10.2 Å². The summed E-state index contributed by atoms with van der Waals surface area (Å²) in [5.74, 6) is 0.230. The van der Waals surface area contributed by atoms with Crippen molar-refractivity contribution in [3.05, 3.63) is 28.3 Å². The van der Waals surface area contributed by atoms with Gasteiger partial charge in [0, 0.05) is 26.4 Å². The van der Waals surface area contributed by atoms with E-state index in [1.54, 1.807) is 4.90 Å². The summed E-state index contributed by atoms with van der Waals surface area (Å²) in [6, 6.07) is 3.81. The molecule has 4 nitrogen and oxygen atoms in total. The van der Waals surface area contributed by atoms with Gasteiger partial charge < -0.3 is 10.2 Å². The average Bonchev–Trinajstić information content (AvgIpc) is 2.38. The molecule has 0 spiro atoms. The number of halogens is 1. The van der Waals surface area contributed by atoms with Crippen molar-refractivity contribution in [2.75, 3.05) is 18.0 Å². The van der Waals surface area contributed by atoms with Crippen LogP contribution >= 0.6 is 11.6 Å². The number of amides is 2. The first kappa shape index (κ1) is 18.5. The molecular weight excluding hydrogens is 300 g/mol. The highest BCUT2D eigenvalue weighted by atomic mass is 35.5. The Bertz CT molecular complexity index is 533. The molecule has 0 aliphatic carbocycles. The number of carbonyl (C=O) groups excluding carboxylic acids is 2. The fraction of sp³-hybridized carbons (Fsp3) is 0.529. The molecule has 0 atom stereocenters. The Morgan fingerprint density at radius 1 is 1.27 bits per heavy atom. The number of benzene rings is 1. The lowest BCUT2D eigenvalue weighted by Gasteiger charge is -2.24. The Labute approximate surface area is 137 Å². The molecule has 5 heteroatoms. The molecule has 0 unspecified atom stereocenters. The topological polar surface area (TPSA) is 49.4 Å². The number of aryl methyl sites for hydroxylation is 2. The standard InChI is InChI=1S/C17H25ClN2O2/c1-11(2)10-19-16(22)6-7-20(14(5)21)17-13(4)8-12(3)9-15(17)18/h8-9,11H,6-7,10H2,1-5H3,(H,19,22). The summed E-state index contributed by atoms with van der Waals surface area (Å²) in [7, 11) is 0. The second-order valence-corrected chi connectivity index (χ2v) is 6.44. The third kappa shape index (κ3) is 5.34. The molecule has 22 heavy (non-hydrogen) atoms. The van der Waals surface area contributed by atoms with Crippen LogP contribution in [0.2, 0.25) is 5.02 Å². The van der Waals surface area contributed by atoms with E-state index in [1.807, 2.05) is 39.8 Å². The maximum Gasteiger partial charge on any atom is 0.223 e. The molecule has 0 saturated carbocycles. The summed E-state index contributed by atoms with van der Waals surface area (Å²) in [6.07, 6.45) is 0.260. The first-order valence-electron chi connectivity index (χ1n) is 7.54. The normalized spacial score (nSPS) is 10.7. The molecule has 0 bridgehead atoms. The Balaban J connectivity index is 2.84. The molecule has 0 saturated heterocycles. The lowest BCUT2D eigenvalue weighted by atomic mass is 10.1. The average molecular weight is 325 g/mol. The predicted molar refractivity (Wildman–Crippen MR) is 91.4 cm³/mol. The minimum absolute atomic E-state index is 0.0548. The number of nitrogens with zero attached hydrogens (tertiary/aromatic N) is 1. The van der Waals surface area contributed by atoms with Gasteiger partial charge in [0.1, 0.15) is 0 Å². The van der Waals surface area contributed by atoms with Crippen molar-refractivity contribution < 1.29 is 9.59 Å². The highest BCUT2D eigenvalue weighted by molar-refractivity contribution is 6.34. The summed E-state index contributed by atoms with van der Waals surface area (Å²) < 4.78 is 0. The van der Waals surface area contributed by atoms with Crippen LogP contribution in [0, 0.1) is 19.8 Å².